The van der Waals surface area contributed by atoms with Gasteiger partial charge in [-0.05, 0) is 54.5 Å². The lowest BCUT2D eigenvalue weighted by atomic mass is 10.0. The van der Waals surface area contributed by atoms with Gasteiger partial charge in [0, 0.05) is 11.1 Å². The summed E-state index contributed by atoms with van der Waals surface area (Å²) < 4.78 is 11.1. The number of fused-ring (bicyclic) bond motifs is 1. The molecule has 3 aromatic carbocycles. The van der Waals surface area contributed by atoms with Crippen LogP contribution in [0, 0.1) is 13.8 Å². The van der Waals surface area contributed by atoms with Gasteiger partial charge in [0.15, 0.2) is 0 Å². The van der Waals surface area contributed by atoms with Crippen molar-refractivity contribution in [3.05, 3.63) is 88.5 Å². The molecule has 1 aliphatic heterocycles. The second kappa shape index (κ2) is 6.76. The van der Waals surface area contributed by atoms with Crippen LogP contribution in [0.1, 0.15) is 22.3 Å². The minimum Gasteiger partial charge on any atom is -0.496 e. The summed E-state index contributed by atoms with van der Waals surface area (Å²) in [6.07, 6.45) is 3.66. The van der Waals surface area contributed by atoms with Gasteiger partial charge < -0.3 is 9.47 Å². The molecule has 0 amide bonds. The van der Waals surface area contributed by atoms with Gasteiger partial charge >= 0.3 is 5.97 Å². The predicted octanol–water partition coefficient (Wildman–Crippen LogP) is 5.45. The fraction of sp³-hybridized carbons (Fsp3) is 0.125. The molecule has 1 aliphatic rings. The Bertz CT molecular complexity index is 1120. The number of esters is 1. The molecule has 3 nitrogen and oxygen atoms in total. The highest BCUT2D eigenvalue weighted by molar-refractivity contribution is 6.07. The van der Waals surface area contributed by atoms with Crippen molar-refractivity contribution in [1.82, 2.24) is 0 Å². The first kappa shape index (κ1) is 17.1. The molecule has 3 aromatic rings. The maximum Gasteiger partial charge on any atom is 0.343 e. The van der Waals surface area contributed by atoms with Crippen LogP contribution in [0.25, 0.3) is 22.6 Å². The molecule has 0 atom stereocenters. The number of methoxy groups -OCH3 is 1. The normalized spacial score (nSPS) is 15.1. The molecule has 1 heterocycles. The summed E-state index contributed by atoms with van der Waals surface area (Å²) in [6.45, 7) is 4.04. The first-order valence-corrected chi connectivity index (χ1v) is 8.86. The summed E-state index contributed by atoms with van der Waals surface area (Å²) in [4.78, 5) is 12.5. The zero-order valence-corrected chi connectivity index (χ0v) is 15.6. The number of benzene rings is 3. The first-order chi connectivity index (χ1) is 13.1. The van der Waals surface area contributed by atoms with Crippen LogP contribution in [0.5, 0.6) is 5.75 Å². The molecule has 0 N–H and O–H groups in total. The Kier molecular flexibility index (Phi) is 4.28. The highest BCUT2D eigenvalue weighted by Gasteiger charge is 2.24. The monoisotopic (exact) mass is 356 g/mol. The van der Waals surface area contributed by atoms with Crippen molar-refractivity contribution in [3.8, 4) is 5.75 Å². The maximum atomic E-state index is 12.5. The van der Waals surface area contributed by atoms with E-state index in [1.54, 1.807) is 7.11 Å². The number of hydrogen-bond donors (Lipinski definition) is 0. The summed E-state index contributed by atoms with van der Waals surface area (Å²) in [7, 11) is 1.64. The van der Waals surface area contributed by atoms with Gasteiger partial charge in [-0.3, -0.25) is 0 Å². The first-order valence-electron chi connectivity index (χ1n) is 8.86. The van der Waals surface area contributed by atoms with E-state index in [1.807, 2.05) is 80.6 Å². The highest BCUT2D eigenvalue weighted by Crippen LogP contribution is 2.34. The Morgan fingerprint density at radius 2 is 1.81 bits per heavy atom. The third-order valence-electron chi connectivity index (χ3n) is 4.83. The number of rotatable bonds is 3. The van der Waals surface area contributed by atoms with E-state index in [0.29, 0.717) is 11.3 Å². The fourth-order valence-corrected chi connectivity index (χ4v) is 3.38. The van der Waals surface area contributed by atoms with E-state index in [2.05, 4.69) is 0 Å². The maximum absolute atomic E-state index is 12.5. The number of hydrogen-bond acceptors (Lipinski definition) is 3. The second-order valence-corrected chi connectivity index (χ2v) is 6.72. The molecule has 0 bridgehead atoms. The van der Waals surface area contributed by atoms with Crippen LogP contribution in [0.2, 0.25) is 0 Å². The van der Waals surface area contributed by atoms with Crippen LogP contribution in [-0.2, 0) is 9.53 Å². The van der Waals surface area contributed by atoms with E-state index in [0.717, 1.165) is 38.8 Å². The summed E-state index contributed by atoms with van der Waals surface area (Å²) >= 11 is 0. The largest absolute Gasteiger partial charge is 0.496 e. The van der Waals surface area contributed by atoms with Crippen molar-refractivity contribution >= 4 is 28.6 Å². The van der Waals surface area contributed by atoms with Crippen molar-refractivity contribution in [2.45, 2.75) is 13.8 Å². The Balaban J connectivity index is 1.85. The molecule has 0 saturated carbocycles. The zero-order chi connectivity index (χ0) is 19.0. The highest BCUT2D eigenvalue weighted by atomic mass is 16.5. The van der Waals surface area contributed by atoms with Gasteiger partial charge in [-0.15, -0.1) is 0 Å². The summed E-state index contributed by atoms with van der Waals surface area (Å²) in [6, 6.07) is 18.1. The number of aryl methyl sites for hydroxylation is 2. The van der Waals surface area contributed by atoms with E-state index in [-0.39, 0.29) is 5.97 Å². The minimum atomic E-state index is -0.346. The van der Waals surface area contributed by atoms with E-state index in [9.17, 15) is 4.79 Å². The molecule has 3 heteroatoms. The molecule has 0 saturated heterocycles. The Morgan fingerprint density at radius 1 is 1.00 bits per heavy atom. The fourth-order valence-electron chi connectivity index (χ4n) is 3.38. The average molecular weight is 356 g/mol. The van der Waals surface area contributed by atoms with Crippen LogP contribution in [-0.4, -0.2) is 13.1 Å². The Hall–Kier alpha value is -3.33. The molecule has 0 aromatic heterocycles. The van der Waals surface area contributed by atoms with E-state index in [4.69, 9.17) is 9.47 Å². The molecule has 0 fully saturated rings. The van der Waals surface area contributed by atoms with Gasteiger partial charge in [0.25, 0.3) is 0 Å². The molecule has 0 spiro atoms. The standard InChI is InChI=1S/C24H20O3/c1-15-8-9-16(2)20(12-15)23-14-18(24(25)27-23)13-21-19-7-5-4-6-17(19)10-11-22(21)26-3/h4-14H,1-3H3. The van der Waals surface area contributed by atoms with Crippen molar-refractivity contribution in [2.24, 2.45) is 0 Å². The second-order valence-electron chi connectivity index (χ2n) is 6.72. The number of carbonyl (C=O) groups excluding carboxylic acids is 1. The van der Waals surface area contributed by atoms with Gasteiger partial charge in [-0.25, -0.2) is 4.79 Å². The van der Waals surface area contributed by atoms with Gasteiger partial charge in [0.05, 0.1) is 12.7 Å². The minimum absolute atomic E-state index is 0.346. The van der Waals surface area contributed by atoms with Crippen molar-refractivity contribution < 1.29 is 14.3 Å². The molecule has 0 unspecified atom stereocenters. The summed E-state index contributed by atoms with van der Waals surface area (Å²) in [5, 5.41) is 2.13. The predicted molar refractivity (Wildman–Crippen MR) is 108 cm³/mol. The van der Waals surface area contributed by atoms with Gasteiger partial charge in [-0.1, -0.05) is 48.0 Å². The summed E-state index contributed by atoms with van der Waals surface area (Å²) in [5.41, 5.74) is 4.53. The van der Waals surface area contributed by atoms with Crippen LogP contribution in [0.3, 0.4) is 0 Å². The molecule has 4 rings (SSSR count). The van der Waals surface area contributed by atoms with Gasteiger partial charge in [-0.2, -0.15) is 0 Å². The van der Waals surface area contributed by atoms with Crippen molar-refractivity contribution in [1.29, 1.82) is 0 Å². The zero-order valence-electron chi connectivity index (χ0n) is 15.6. The van der Waals surface area contributed by atoms with E-state index in [1.165, 1.54) is 0 Å². The Labute approximate surface area is 158 Å². The van der Waals surface area contributed by atoms with Gasteiger partial charge in [0.2, 0.25) is 0 Å². The van der Waals surface area contributed by atoms with Crippen molar-refractivity contribution in [2.75, 3.05) is 7.11 Å². The molecule has 0 aliphatic carbocycles. The molecule has 134 valence electrons. The topological polar surface area (TPSA) is 35.5 Å². The van der Waals surface area contributed by atoms with Gasteiger partial charge in [0.1, 0.15) is 11.5 Å². The summed E-state index contributed by atoms with van der Waals surface area (Å²) in [5.74, 6) is 0.968. The van der Waals surface area contributed by atoms with E-state index >= 15 is 0 Å². The van der Waals surface area contributed by atoms with Crippen LogP contribution >= 0.6 is 0 Å². The number of ether oxygens (including phenoxy) is 2. The van der Waals surface area contributed by atoms with Crippen LogP contribution in [0.15, 0.2) is 66.2 Å². The molecule has 27 heavy (non-hydrogen) atoms. The molecular weight excluding hydrogens is 336 g/mol. The number of carbonyl (C=O) groups is 1. The molecule has 0 radical (unpaired) electrons. The van der Waals surface area contributed by atoms with Crippen LogP contribution < -0.4 is 4.74 Å². The lowest BCUT2D eigenvalue weighted by Crippen LogP contribution is -1.99. The van der Waals surface area contributed by atoms with Crippen LogP contribution in [0.4, 0.5) is 0 Å². The average Bonchev–Trinajstić information content (AvgIpc) is 3.04. The number of cyclic esters (lactones) is 1. The SMILES string of the molecule is COc1ccc2ccccc2c1C=C1C=C(c2cc(C)ccc2C)OC1=O. The lowest BCUT2D eigenvalue weighted by molar-refractivity contribution is -0.130. The van der Waals surface area contributed by atoms with Crippen molar-refractivity contribution in [3.63, 3.8) is 0 Å². The third kappa shape index (κ3) is 3.13. The smallest absolute Gasteiger partial charge is 0.343 e. The quantitative estimate of drug-likeness (QED) is 0.463. The van der Waals surface area contributed by atoms with E-state index < -0.39 is 0 Å². The molecular formula is C24H20O3. The lowest BCUT2D eigenvalue weighted by Gasteiger charge is -2.09. The Morgan fingerprint density at radius 3 is 2.63 bits per heavy atom. The third-order valence-corrected chi connectivity index (χ3v) is 4.83.